The van der Waals surface area contributed by atoms with Crippen molar-refractivity contribution in [2.24, 2.45) is 0 Å². The zero-order chi connectivity index (χ0) is 9.52. The third-order valence-corrected chi connectivity index (χ3v) is 1.59. The molecular weight excluding hydrogens is 331 g/mol. The smallest absolute Gasteiger partial charge is 0.508 e. The van der Waals surface area contributed by atoms with Crippen molar-refractivity contribution < 1.29 is 26.8 Å². The van der Waals surface area contributed by atoms with Crippen molar-refractivity contribution in [3.05, 3.63) is 69.0 Å². The molecule has 0 spiro atoms. The molecule has 1 aliphatic carbocycles. The maximum absolute atomic E-state index is 8.81. The number of allylic oxidation sites excluding steroid dienone is 4. The van der Waals surface area contributed by atoms with E-state index in [9.17, 15) is 0 Å². The first-order valence-corrected chi connectivity index (χ1v) is 4.26. The van der Waals surface area contributed by atoms with Crippen molar-refractivity contribution in [3.63, 3.8) is 0 Å². The normalized spacial score (nSPS) is 8.47. The minimum Gasteiger partial charge on any atom is -0.508 e. The van der Waals surface area contributed by atoms with E-state index in [1.54, 1.807) is 12.1 Å². The van der Waals surface area contributed by atoms with Crippen LogP contribution in [0, 0.1) is 27.9 Å². The Morgan fingerprint density at radius 3 is 1.95 bits per heavy atom. The fraction of sp³-hybridized carbons (Fsp3) is 0.143. The van der Waals surface area contributed by atoms with Gasteiger partial charge in [0.15, 0.2) is 0 Å². The van der Waals surface area contributed by atoms with Gasteiger partial charge in [-0.1, -0.05) is 12.1 Å². The van der Waals surface area contributed by atoms with E-state index in [-0.39, 0.29) is 72.4 Å². The number of aryl methyl sites for hydroxylation is 1. The molecule has 2 rings (SSSR count). The SMILES string of the molecule is Cc1cccc(O)c1.Cl.Cl.[C-]1=CC=CC1.[CH3-].[CH3-].[Si].[Ti+3]. The Morgan fingerprint density at radius 1 is 1.16 bits per heavy atom. The summed E-state index contributed by atoms with van der Waals surface area (Å²) in [6.45, 7) is 1.94. The maximum atomic E-state index is 8.81. The van der Waals surface area contributed by atoms with Crippen molar-refractivity contribution in [1.82, 2.24) is 0 Å². The first-order chi connectivity index (χ1) is 6.29. The second kappa shape index (κ2) is 23.1. The predicted octanol–water partition coefficient (Wildman–Crippen LogP) is 4.37. The molecule has 0 unspecified atom stereocenters. The molecule has 1 aliphatic rings. The Kier molecular flexibility index (Phi) is 44.3. The molecule has 1 aromatic carbocycles. The number of aromatic hydroxyl groups is 1. The molecular formula is C14H21Cl2OSiTi. The van der Waals surface area contributed by atoms with Gasteiger partial charge in [-0.2, -0.15) is 6.08 Å². The van der Waals surface area contributed by atoms with Crippen LogP contribution in [0.25, 0.3) is 0 Å². The van der Waals surface area contributed by atoms with Crippen LogP contribution in [0.1, 0.15) is 12.0 Å². The summed E-state index contributed by atoms with van der Waals surface area (Å²) in [6.07, 6.45) is 10.0. The summed E-state index contributed by atoms with van der Waals surface area (Å²) in [4.78, 5) is 0. The van der Waals surface area contributed by atoms with Gasteiger partial charge in [0.2, 0.25) is 0 Å². The third kappa shape index (κ3) is 20.5. The molecule has 0 saturated carbocycles. The molecule has 0 saturated heterocycles. The molecule has 105 valence electrons. The molecule has 0 aliphatic heterocycles. The number of rotatable bonds is 0. The van der Waals surface area contributed by atoms with Gasteiger partial charge in [-0.15, -0.1) is 31.2 Å². The predicted molar refractivity (Wildman–Crippen MR) is 87.5 cm³/mol. The second-order valence-electron chi connectivity index (χ2n) is 2.84. The number of halogens is 2. The fourth-order valence-corrected chi connectivity index (χ4v) is 0.968. The molecule has 0 fully saturated rings. The number of phenolic OH excluding ortho intramolecular Hbond substituents is 1. The number of hydrogen-bond donors (Lipinski definition) is 1. The van der Waals surface area contributed by atoms with Crippen LogP contribution in [-0.4, -0.2) is 16.1 Å². The van der Waals surface area contributed by atoms with Gasteiger partial charge in [0.25, 0.3) is 0 Å². The van der Waals surface area contributed by atoms with Crippen LogP contribution >= 0.6 is 24.8 Å². The van der Waals surface area contributed by atoms with Gasteiger partial charge in [0.05, 0.1) is 0 Å². The average Bonchev–Trinajstić information content (AvgIpc) is 2.59. The summed E-state index contributed by atoms with van der Waals surface area (Å²) in [5, 5.41) is 8.81. The minimum absolute atomic E-state index is 0. The average molecular weight is 352 g/mol. The molecule has 0 bridgehead atoms. The number of phenols is 1. The van der Waals surface area contributed by atoms with Crippen LogP contribution < -0.4 is 0 Å². The molecule has 1 N–H and O–H groups in total. The van der Waals surface area contributed by atoms with Crippen molar-refractivity contribution in [1.29, 1.82) is 0 Å². The number of benzene rings is 1. The zero-order valence-electron chi connectivity index (χ0n) is 11.5. The van der Waals surface area contributed by atoms with Gasteiger partial charge in [-0.25, -0.2) is 12.2 Å². The molecule has 0 atom stereocenters. The van der Waals surface area contributed by atoms with E-state index in [2.05, 4.69) is 12.2 Å². The summed E-state index contributed by atoms with van der Waals surface area (Å²) in [6, 6.07) is 7.15. The number of hydrogen-bond acceptors (Lipinski definition) is 1. The second-order valence-corrected chi connectivity index (χ2v) is 2.84. The van der Waals surface area contributed by atoms with E-state index in [1.165, 1.54) is 0 Å². The van der Waals surface area contributed by atoms with Crippen molar-refractivity contribution >= 4 is 35.8 Å². The van der Waals surface area contributed by atoms with Gasteiger partial charge < -0.3 is 20.0 Å². The molecule has 0 aromatic heterocycles. The van der Waals surface area contributed by atoms with Gasteiger partial charge in [0, 0.05) is 11.0 Å². The van der Waals surface area contributed by atoms with Gasteiger partial charge in [-0.3, -0.25) is 6.08 Å². The van der Waals surface area contributed by atoms with Crippen molar-refractivity contribution in [2.45, 2.75) is 13.3 Å². The van der Waals surface area contributed by atoms with Crippen LogP contribution in [0.15, 0.2) is 42.5 Å². The van der Waals surface area contributed by atoms with Crippen LogP contribution in [0.3, 0.4) is 0 Å². The summed E-state index contributed by atoms with van der Waals surface area (Å²) in [7, 11) is 0. The van der Waals surface area contributed by atoms with Crippen LogP contribution in [0.4, 0.5) is 0 Å². The quantitative estimate of drug-likeness (QED) is 0.543. The van der Waals surface area contributed by atoms with Gasteiger partial charge >= 0.3 is 21.7 Å². The first-order valence-electron chi connectivity index (χ1n) is 4.26. The van der Waals surface area contributed by atoms with E-state index in [0.717, 1.165) is 12.0 Å². The van der Waals surface area contributed by atoms with Crippen LogP contribution in [-0.2, 0) is 21.7 Å². The van der Waals surface area contributed by atoms with Crippen LogP contribution in [0.5, 0.6) is 5.75 Å². The van der Waals surface area contributed by atoms with Crippen molar-refractivity contribution in [3.8, 4) is 5.75 Å². The van der Waals surface area contributed by atoms with Crippen molar-refractivity contribution in [2.75, 3.05) is 0 Å². The van der Waals surface area contributed by atoms with E-state index in [4.69, 9.17) is 5.11 Å². The fourth-order valence-electron chi connectivity index (χ4n) is 0.968. The summed E-state index contributed by atoms with van der Waals surface area (Å²) >= 11 is 0. The molecule has 1 aromatic rings. The van der Waals surface area contributed by atoms with E-state index >= 15 is 0 Å². The molecule has 0 amide bonds. The van der Waals surface area contributed by atoms with E-state index < -0.39 is 0 Å². The summed E-state index contributed by atoms with van der Waals surface area (Å²) < 4.78 is 0. The molecule has 19 heavy (non-hydrogen) atoms. The molecule has 5 radical (unpaired) electrons. The molecule has 0 heterocycles. The largest absolute Gasteiger partial charge is 3.00 e. The monoisotopic (exact) mass is 351 g/mol. The first kappa shape index (κ1) is 36.4. The van der Waals surface area contributed by atoms with E-state index in [0.29, 0.717) is 5.75 Å². The summed E-state index contributed by atoms with van der Waals surface area (Å²) in [5.74, 6) is 0.338. The molecule has 5 heteroatoms. The van der Waals surface area contributed by atoms with E-state index in [1.807, 2.05) is 31.2 Å². The summed E-state index contributed by atoms with van der Waals surface area (Å²) in [5.41, 5.74) is 1.09. The van der Waals surface area contributed by atoms with Crippen LogP contribution in [0.2, 0.25) is 0 Å². The topological polar surface area (TPSA) is 20.2 Å². The Balaban J connectivity index is -0.0000000352. The zero-order valence-corrected chi connectivity index (χ0v) is 15.7. The Bertz CT molecular complexity index is 304. The third-order valence-electron chi connectivity index (χ3n) is 1.59. The standard InChI is InChI=1S/C7H8O.C5H5.2CH3.2ClH.Si.Ti/c1-6-3-2-4-7(8)5-6;1-2-4-5-3-1;;;;;;/h2-5,8H,1H3;1-3H,4H2;2*1H3;2*1H;;/q;3*-1;;;;+3. The minimum atomic E-state index is 0. The Labute approximate surface area is 150 Å². The maximum Gasteiger partial charge on any atom is 3.00 e. The van der Waals surface area contributed by atoms with Gasteiger partial charge in [0.1, 0.15) is 5.75 Å². The Hall–Kier alpha value is 0.0112. The van der Waals surface area contributed by atoms with Gasteiger partial charge in [-0.05, 0) is 24.6 Å². The molecule has 1 nitrogen and oxygen atoms in total. The Morgan fingerprint density at radius 2 is 1.74 bits per heavy atom.